The smallest absolute Gasteiger partial charge is 0.184 e. The van der Waals surface area contributed by atoms with Gasteiger partial charge in [-0.3, -0.25) is 10.4 Å². The second-order valence-corrected chi connectivity index (χ2v) is 3.81. The number of nitrogens with two attached hydrogens (primary N) is 2. The van der Waals surface area contributed by atoms with E-state index in [2.05, 4.69) is 27.7 Å². The first kappa shape index (κ1) is 11.3. The second kappa shape index (κ2) is 4.75. The van der Waals surface area contributed by atoms with Crippen LogP contribution in [0.1, 0.15) is 5.69 Å². The van der Waals surface area contributed by atoms with Gasteiger partial charge in [0.1, 0.15) is 0 Å². The van der Waals surface area contributed by atoms with Gasteiger partial charge in [0.15, 0.2) is 5.11 Å². The molecule has 0 aliphatic heterocycles. The number of hydrogen-bond donors (Lipinski definition) is 3. The fraction of sp³-hybridized carbons (Fsp3) is 0. The highest BCUT2D eigenvalue weighted by molar-refractivity contribution is 7.80. The molecule has 0 amide bonds. The first-order chi connectivity index (χ1) is 8.18. The van der Waals surface area contributed by atoms with Crippen LogP contribution in [0.5, 0.6) is 0 Å². The average molecular weight is 245 g/mol. The number of pyridine rings is 1. The van der Waals surface area contributed by atoms with Crippen molar-refractivity contribution in [3.63, 3.8) is 0 Å². The molecule has 5 N–H and O–H groups in total. The highest BCUT2D eigenvalue weighted by Gasteiger charge is 2.01. The van der Waals surface area contributed by atoms with Gasteiger partial charge in [0.2, 0.25) is 0 Å². The van der Waals surface area contributed by atoms with Gasteiger partial charge in [-0.1, -0.05) is 12.1 Å². The first-order valence-electron chi connectivity index (χ1n) is 4.90. The maximum Gasteiger partial charge on any atom is 0.184 e. The number of hydrazone groups is 1. The summed E-state index contributed by atoms with van der Waals surface area (Å²) in [6, 6.07) is 7.51. The van der Waals surface area contributed by atoms with Crippen LogP contribution in [0, 0.1) is 0 Å². The predicted octanol–water partition coefficient (Wildman–Crippen LogP) is 0.984. The molecule has 1 aromatic carbocycles. The molecule has 2 aromatic rings. The lowest BCUT2D eigenvalue weighted by atomic mass is 10.1. The van der Waals surface area contributed by atoms with Gasteiger partial charge in [-0.05, 0) is 24.4 Å². The van der Waals surface area contributed by atoms with Crippen molar-refractivity contribution in [2.45, 2.75) is 0 Å². The molecule has 86 valence electrons. The lowest BCUT2D eigenvalue weighted by Gasteiger charge is -2.03. The van der Waals surface area contributed by atoms with Gasteiger partial charge in [0, 0.05) is 22.7 Å². The predicted molar refractivity (Wildman–Crippen MR) is 73.7 cm³/mol. The van der Waals surface area contributed by atoms with Gasteiger partial charge in [-0.15, -0.1) is 0 Å². The maximum absolute atomic E-state index is 5.87. The van der Waals surface area contributed by atoms with E-state index in [9.17, 15) is 0 Å². The zero-order valence-corrected chi connectivity index (χ0v) is 9.74. The third-order valence-electron chi connectivity index (χ3n) is 2.23. The van der Waals surface area contributed by atoms with E-state index in [0.717, 1.165) is 10.8 Å². The van der Waals surface area contributed by atoms with E-state index in [4.69, 9.17) is 11.5 Å². The minimum atomic E-state index is 0.112. The van der Waals surface area contributed by atoms with Gasteiger partial charge >= 0.3 is 0 Å². The maximum atomic E-state index is 5.87. The van der Waals surface area contributed by atoms with Gasteiger partial charge < -0.3 is 11.5 Å². The number of aromatic nitrogens is 1. The van der Waals surface area contributed by atoms with E-state index < -0.39 is 0 Å². The molecule has 0 saturated carbocycles. The van der Waals surface area contributed by atoms with Crippen LogP contribution in [-0.2, 0) is 0 Å². The number of thiocarbonyl (C=S) groups is 1. The molecule has 5 nitrogen and oxygen atoms in total. The van der Waals surface area contributed by atoms with Crippen LogP contribution >= 0.6 is 12.2 Å². The molecule has 0 atom stereocenters. The molecule has 0 spiro atoms. The van der Waals surface area contributed by atoms with Crippen molar-refractivity contribution in [2.24, 2.45) is 10.8 Å². The first-order valence-corrected chi connectivity index (χ1v) is 5.31. The number of nitrogens with zero attached hydrogens (tertiary/aromatic N) is 2. The van der Waals surface area contributed by atoms with Crippen molar-refractivity contribution in [1.82, 2.24) is 10.4 Å². The number of nitrogen functional groups attached to an aromatic ring is 1. The Hall–Kier alpha value is -2.21. The van der Waals surface area contributed by atoms with E-state index in [1.807, 2.05) is 24.3 Å². The Morgan fingerprint density at radius 2 is 2.18 bits per heavy atom. The lowest BCUT2D eigenvalue weighted by Crippen LogP contribution is -2.24. The van der Waals surface area contributed by atoms with E-state index in [-0.39, 0.29) is 5.11 Å². The molecule has 6 heteroatoms. The van der Waals surface area contributed by atoms with Crippen LogP contribution in [0.15, 0.2) is 35.6 Å². The van der Waals surface area contributed by atoms with E-state index in [1.165, 1.54) is 0 Å². The molecule has 2 rings (SSSR count). The highest BCUT2D eigenvalue weighted by atomic mass is 32.1. The summed E-state index contributed by atoms with van der Waals surface area (Å²) in [5.41, 5.74) is 15.0. The normalized spacial score (nSPS) is 10.8. The van der Waals surface area contributed by atoms with Crippen LogP contribution in [-0.4, -0.2) is 16.3 Å². The Morgan fingerprint density at radius 3 is 2.94 bits per heavy atom. The van der Waals surface area contributed by atoms with Crippen LogP contribution in [0.3, 0.4) is 0 Å². The van der Waals surface area contributed by atoms with Crippen molar-refractivity contribution in [2.75, 3.05) is 5.73 Å². The Kier molecular flexibility index (Phi) is 3.15. The zero-order valence-electron chi connectivity index (χ0n) is 8.92. The summed E-state index contributed by atoms with van der Waals surface area (Å²) >= 11 is 4.64. The molecule has 0 aliphatic carbocycles. The summed E-state index contributed by atoms with van der Waals surface area (Å²) in [5.74, 6) is 0. The highest BCUT2D eigenvalue weighted by Crippen LogP contribution is 2.21. The summed E-state index contributed by atoms with van der Waals surface area (Å²) in [6.45, 7) is 0. The molecule has 17 heavy (non-hydrogen) atoms. The SMILES string of the molecule is NC(=S)N/N=C/c1nccc2c(N)cccc12. The Labute approximate surface area is 104 Å². The largest absolute Gasteiger partial charge is 0.398 e. The van der Waals surface area contributed by atoms with Crippen molar-refractivity contribution >= 4 is 40.0 Å². The number of nitrogens with one attached hydrogen (secondary N) is 1. The molecular weight excluding hydrogens is 234 g/mol. The van der Waals surface area contributed by atoms with E-state index >= 15 is 0 Å². The van der Waals surface area contributed by atoms with Crippen LogP contribution < -0.4 is 16.9 Å². The monoisotopic (exact) mass is 245 g/mol. The van der Waals surface area contributed by atoms with Gasteiger partial charge in [-0.25, -0.2) is 0 Å². The van der Waals surface area contributed by atoms with Crippen LogP contribution in [0.2, 0.25) is 0 Å². The minimum absolute atomic E-state index is 0.112. The molecular formula is C11H11N5S. The minimum Gasteiger partial charge on any atom is -0.398 e. The van der Waals surface area contributed by atoms with Crippen molar-refractivity contribution in [1.29, 1.82) is 0 Å². The molecule has 0 radical (unpaired) electrons. The summed E-state index contributed by atoms with van der Waals surface area (Å²) < 4.78 is 0. The molecule has 0 aliphatic rings. The van der Waals surface area contributed by atoms with Crippen LogP contribution in [0.25, 0.3) is 10.8 Å². The second-order valence-electron chi connectivity index (χ2n) is 3.37. The summed E-state index contributed by atoms with van der Waals surface area (Å²) in [6.07, 6.45) is 3.24. The number of anilines is 1. The summed E-state index contributed by atoms with van der Waals surface area (Å²) in [7, 11) is 0. The van der Waals surface area contributed by atoms with Gasteiger partial charge in [-0.2, -0.15) is 5.10 Å². The Bertz CT molecular complexity index is 593. The Balaban J connectivity index is 2.44. The number of fused-ring (bicyclic) bond motifs is 1. The fourth-order valence-corrected chi connectivity index (χ4v) is 1.57. The van der Waals surface area contributed by atoms with E-state index in [1.54, 1.807) is 12.4 Å². The number of hydrogen-bond acceptors (Lipinski definition) is 4. The fourth-order valence-electron chi connectivity index (χ4n) is 1.51. The summed E-state index contributed by atoms with van der Waals surface area (Å²) in [5, 5.41) is 5.86. The molecule has 0 bridgehead atoms. The standard InChI is InChI=1S/C11H11N5S/c12-9-3-1-2-8-7(9)4-5-14-10(8)6-15-16-11(13)17/h1-6H,12H2,(H3,13,16,17)/b15-6+. The molecule has 0 saturated heterocycles. The topological polar surface area (TPSA) is 89.3 Å². The van der Waals surface area contributed by atoms with Crippen molar-refractivity contribution in [3.8, 4) is 0 Å². The average Bonchev–Trinajstić information content (AvgIpc) is 2.30. The van der Waals surface area contributed by atoms with Crippen molar-refractivity contribution in [3.05, 3.63) is 36.2 Å². The zero-order chi connectivity index (χ0) is 12.3. The number of benzene rings is 1. The quantitative estimate of drug-likeness (QED) is 0.318. The van der Waals surface area contributed by atoms with Gasteiger partial charge in [0.25, 0.3) is 0 Å². The van der Waals surface area contributed by atoms with E-state index in [0.29, 0.717) is 11.4 Å². The molecule has 1 heterocycles. The number of rotatable bonds is 2. The lowest BCUT2D eigenvalue weighted by molar-refractivity contribution is 1.04. The Morgan fingerprint density at radius 1 is 1.35 bits per heavy atom. The van der Waals surface area contributed by atoms with Crippen LogP contribution in [0.4, 0.5) is 5.69 Å². The molecule has 0 fully saturated rings. The molecule has 0 unspecified atom stereocenters. The third-order valence-corrected chi connectivity index (χ3v) is 2.32. The molecule has 1 aromatic heterocycles. The third kappa shape index (κ3) is 2.48. The summed E-state index contributed by atoms with van der Waals surface area (Å²) in [4.78, 5) is 4.22. The van der Waals surface area contributed by atoms with Gasteiger partial charge in [0.05, 0.1) is 11.9 Å². The van der Waals surface area contributed by atoms with Crippen molar-refractivity contribution < 1.29 is 0 Å².